The van der Waals surface area contributed by atoms with E-state index in [-0.39, 0.29) is 40.7 Å². The van der Waals surface area contributed by atoms with E-state index in [0.29, 0.717) is 24.2 Å². The Morgan fingerprint density at radius 3 is 2.69 bits per heavy atom. The Hall–Kier alpha value is -0.150. The minimum Gasteiger partial charge on any atom is -0.716 e. The summed E-state index contributed by atoms with van der Waals surface area (Å²) in [6.07, 6.45) is 2.87. The van der Waals surface area contributed by atoms with Crippen LogP contribution >= 0.6 is 0 Å². The molecule has 0 aromatic heterocycles. The van der Waals surface area contributed by atoms with Gasteiger partial charge in [0.05, 0.1) is 12.2 Å². The molecule has 138 valence electrons. The second-order valence-corrected chi connectivity index (χ2v) is 9.04. The SMILES string of the molecule is C[C@]12CCC3c4ccc(OS(=O)(=O)[O-])cc4CC[C@H]3[C@@H]1C[C@@H](O)[C@@H]2O.[Na+]. The molecule has 0 aliphatic heterocycles. The first-order chi connectivity index (χ1) is 11.7. The number of rotatable bonds is 2. The number of benzene rings is 1. The maximum Gasteiger partial charge on any atom is 1.00 e. The van der Waals surface area contributed by atoms with Crippen LogP contribution in [0.1, 0.15) is 49.7 Å². The molecule has 3 aliphatic carbocycles. The molecule has 1 aromatic rings. The summed E-state index contributed by atoms with van der Waals surface area (Å²) in [5.74, 6) is 1.12. The molecule has 3 aliphatic rings. The van der Waals surface area contributed by atoms with Crippen LogP contribution in [0.4, 0.5) is 0 Å². The van der Waals surface area contributed by atoms with E-state index in [9.17, 15) is 23.2 Å². The maximum atomic E-state index is 10.8. The summed E-state index contributed by atoms with van der Waals surface area (Å²) in [6.45, 7) is 2.10. The molecule has 0 saturated heterocycles. The van der Waals surface area contributed by atoms with Gasteiger partial charge in [-0.2, -0.15) is 0 Å². The van der Waals surface area contributed by atoms with Crippen molar-refractivity contribution in [1.82, 2.24) is 0 Å². The van der Waals surface area contributed by atoms with Gasteiger partial charge in [-0.25, -0.2) is 8.42 Å². The summed E-state index contributed by atoms with van der Waals surface area (Å²) in [5, 5.41) is 20.6. The standard InChI is InChI=1S/C18H24O6S.Na/c1-18-7-6-13-12-5-3-11(24-25(21,22)23)8-10(12)2-4-14(13)15(18)9-16(19)17(18)20;/h3,5,8,13-17,19-20H,2,4,6-7,9H2,1H3,(H,21,22,23);/q;+1/p-1/t13?,14-,15+,16-,17+,18+;/m1./s1. The van der Waals surface area contributed by atoms with Crippen LogP contribution in [0.3, 0.4) is 0 Å². The maximum absolute atomic E-state index is 10.8. The average molecular weight is 390 g/mol. The quantitative estimate of drug-likeness (QED) is 0.370. The Morgan fingerprint density at radius 2 is 2.00 bits per heavy atom. The third kappa shape index (κ3) is 3.36. The van der Waals surface area contributed by atoms with Gasteiger partial charge in [0, 0.05) is 0 Å². The minimum atomic E-state index is -4.76. The summed E-state index contributed by atoms with van der Waals surface area (Å²) in [5.41, 5.74) is 1.99. The van der Waals surface area contributed by atoms with Crippen LogP contribution < -0.4 is 33.7 Å². The predicted octanol–water partition coefficient (Wildman–Crippen LogP) is -1.28. The summed E-state index contributed by atoms with van der Waals surface area (Å²) >= 11 is 0. The van der Waals surface area contributed by atoms with Crippen LogP contribution in [0.5, 0.6) is 5.75 Å². The average Bonchev–Trinajstić information content (AvgIpc) is 2.76. The first-order valence-electron chi connectivity index (χ1n) is 8.83. The van der Waals surface area contributed by atoms with Crippen molar-refractivity contribution in [3.63, 3.8) is 0 Å². The van der Waals surface area contributed by atoms with Crippen molar-refractivity contribution >= 4 is 10.4 Å². The second kappa shape index (κ2) is 7.03. The van der Waals surface area contributed by atoms with E-state index < -0.39 is 22.6 Å². The van der Waals surface area contributed by atoms with Gasteiger partial charge in [-0.1, -0.05) is 13.0 Å². The largest absolute Gasteiger partial charge is 1.00 e. The molecule has 1 unspecified atom stereocenters. The van der Waals surface area contributed by atoms with Crippen LogP contribution in [0.2, 0.25) is 0 Å². The van der Waals surface area contributed by atoms with E-state index in [1.807, 2.05) is 6.07 Å². The molecule has 0 spiro atoms. The van der Waals surface area contributed by atoms with Crippen molar-refractivity contribution in [2.24, 2.45) is 17.3 Å². The van der Waals surface area contributed by atoms with Crippen molar-refractivity contribution in [2.75, 3.05) is 0 Å². The number of hydrogen-bond donors (Lipinski definition) is 2. The normalized spacial score (nSPS) is 38.5. The molecule has 8 heteroatoms. The molecule has 2 saturated carbocycles. The predicted molar refractivity (Wildman–Crippen MR) is 88.8 cm³/mol. The van der Waals surface area contributed by atoms with E-state index in [2.05, 4.69) is 11.1 Å². The first-order valence-corrected chi connectivity index (χ1v) is 10.2. The van der Waals surface area contributed by atoms with Gasteiger partial charge < -0.3 is 18.9 Å². The van der Waals surface area contributed by atoms with Gasteiger partial charge >= 0.3 is 29.6 Å². The fourth-order valence-electron chi connectivity index (χ4n) is 5.72. The van der Waals surface area contributed by atoms with E-state index in [1.165, 1.54) is 5.56 Å². The second-order valence-electron chi connectivity index (χ2n) is 8.06. The topological polar surface area (TPSA) is 107 Å². The molecule has 1 aromatic carbocycles. The van der Waals surface area contributed by atoms with E-state index in [4.69, 9.17) is 0 Å². The van der Waals surface area contributed by atoms with Crippen LogP contribution in [0, 0.1) is 17.3 Å². The minimum absolute atomic E-state index is 0. The number of aliphatic hydroxyl groups excluding tert-OH is 2. The van der Waals surface area contributed by atoms with Crippen LogP contribution in [0.25, 0.3) is 0 Å². The van der Waals surface area contributed by atoms with Gasteiger partial charge in [-0.15, -0.1) is 0 Å². The van der Waals surface area contributed by atoms with Crippen LogP contribution in [-0.4, -0.2) is 35.4 Å². The molecule has 4 rings (SSSR count). The van der Waals surface area contributed by atoms with Crippen molar-refractivity contribution in [3.05, 3.63) is 29.3 Å². The zero-order valence-electron chi connectivity index (χ0n) is 15.1. The summed E-state index contributed by atoms with van der Waals surface area (Å²) < 4.78 is 36.8. The first kappa shape index (κ1) is 20.6. The van der Waals surface area contributed by atoms with Gasteiger partial charge in [-0.3, -0.25) is 0 Å². The molecule has 2 N–H and O–H groups in total. The van der Waals surface area contributed by atoms with E-state index in [0.717, 1.165) is 31.2 Å². The molecule has 0 bridgehead atoms. The molecular weight excluding hydrogens is 367 g/mol. The number of hydrogen-bond acceptors (Lipinski definition) is 6. The Labute approximate surface area is 176 Å². The Balaban J connectivity index is 0.00000196. The molecule has 0 radical (unpaired) electrons. The van der Waals surface area contributed by atoms with Gasteiger partial charge in [0.25, 0.3) is 10.4 Å². The molecule has 2 fully saturated rings. The van der Waals surface area contributed by atoms with Crippen LogP contribution in [0.15, 0.2) is 18.2 Å². The number of fused-ring (bicyclic) bond motifs is 5. The summed E-state index contributed by atoms with van der Waals surface area (Å²) in [6, 6.07) is 5.08. The van der Waals surface area contributed by atoms with Crippen molar-refractivity contribution in [3.8, 4) is 5.75 Å². The smallest absolute Gasteiger partial charge is 0.716 e. The zero-order chi connectivity index (χ0) is 18.0. The fourth-order valence-corrected chi connectivity index (χ4v) is 6.06. The monoisotopic (exact) mass is 390 g/mol. The van der Waals surface area contributed by atoms with E-state index >= 15 is 0 Å². The summed E-state index contributed by atoms with van der Waals surface area (Å²) in [4.78, 5) is 0. The van der Waals surface area contributed by atoms with Crippen molar-refractivity contribution < 1.29 is 56.9 Å². The Bertz CT molecular complexity index is 797. The van der Waals surface area contributed by atoms with E-state index in [1.54, 1.807) is 12.1 Å². The molecular formula is C18H23NaO6S. The van der Waals surface area contributed by atoms with Crippen molar-refractivity contribution in [1.29, 1.82) is 0 Å². The van der Waals surface area contributed by atoms with Crippen molar-refractivity contribution in [2.45, 2.75) is 57.2 Å². The molecule has 6 nitrogen and oxygen atoms in total. The third-order valence-corrected chi connectivity index (χ3v) is 7.27. The number of aryl methyl sites for hydroxylation is 1. The molecule has 0 amide bonds. The Morgan fingerprint density at radius 1 is 1.27 bits per heavy atom. The third-order valence-electron chi connectivity index (χ3n) is 6.87. The Kier molecular flexibility index (Phi) is 5.56. The van der Waals surface area contributed by atoms with Gasteiger partial charge in [0.2, 0.25) is 0 Å². The number of aliphatic hydroxyl groups is 2. The molecule has 26 heavy (non-hydrogen) atoms. The molecule has 0 heterocycles. The zero-order valence-corrected chi connectivity index (χ0v) is 17.9. The summed E-state index contributed by atoms with van der Waals surface area (Å²) in [7, 11) is -4.76. The fraction of sp³-hybridized carbons (Fsp3) is 0.667. The van der Waals surface area contributed by atoms with Gasteiger partial charge in [0.15, 0.2) is 0 Å². The van der Waals surface area contributed by atoms with Crippen LogP contribution in [-0.2, 0) is 16.8 Å². The van der Waals surface area contributed by atoms with Gasteiger partial charge in [-0.05, 0) is 78.5 Å². The van der Waals surface area contributed by atoms with Gasteiger partial charge in [0.1, 0.15) is 5.75 Å². The molecule has 6 atom stereocenters.